The highest BCUT2D eigenvalue weighted by Crippen LogP contribution is 2.06. The van der Waals surface area contributed by atoms with Gasteiger partial charge in [0.1, 0.15) is 17.5 Å². The standard InChI is InChI=1S/C7H11N5O/c1-4-11-5(8)2-7(12-4)10-3-6(9)13/h2H,3H2,1H3,(H2,9,13)(H3,8,10,11,12). The van der Waals surface area contributed by atoms with E-state index in [1.165, 1.54) is 6.07 Å². The molecule has 0 saturated heterocycles. The highest BCUT2D eigenvalue weighted by Gasteiger charge is 1.99. The van der Waals surface area contributed by atoms with Crippen LogP contribution in [0.1, 0.15) is 5.82 Å². The second-order valence-electron chi connectivity index (χ2n) is 2.55. The molecule has 1 aromatic rings. The highest BCUT2D eigenvalue weighted by atomic mass is 16.1. The van der Waals surface area contributed by atoms with Gasteiger partial charge in [0.2, 0.25) is 5.91 Å². The Morgan fingerprint density at radius 2 is 2.31 bits per heavy atom. The van der Waals surface area contributed by atoms with Crippen molar-refractivity contribution in [2.45, 2.75) is 6.92 Å². The minimum Gasteiger partial charge on any atom is -0.384 e. The average Bonchev–Trinajstić information content (AvgIpc) is 1.99. The number of aromatic nitrogens is 2. The van der Waals surface area contributed by atoms with Crippen molar-refractivity contribution in [2.75, 3.05) is 17.6 Å². The number of anilines is 2. The van der Waals surface area contributed by atoms with Crippen LogP contribution >= 0.6 is 0 Å². The zero-order valence-corrected chi connectivity index (χ0v) is 7.24. The van der Waals surface area contributed by atoms with E-state index in [9.17, 15) is 4.79 Å². The van der Waals surface area contributed by atoms with Crippen LogP contribution in [0.15, 0.2) is 6.07 Å². The first kappa shape index (κ1) is 9.24. The Balaban J connectivity index is 2.71. The summed E-state index contributed by atoms with van der Waals surface area (Å²) in [6.45, 7) is 1.75. The molecule has 0 aromatic carbocycles. The van der Waals surface area contributed by atoms with Gasteiger partial charge in [-0.05, 0) is 6.92 Å². The van der Waals surface area contributed by atoms with E-state index >= 15 is 0 Å². The predicted molar refractivity (Wildman–Crippen MR) is 48.9 cm³/mol. The molecule has 1 heterocycles. The molecule has 0 saturated carbocycles. The maximum atomic E-state index is 10.4. The van der Waals surface area contributed by atoms with Crippen LogP contribution in [0.5, 0.6) is 0 Å². The number of carbonyl (C=O) groups excluding carboxylic acids is 1. The average molecular weight is 181 g/mol. The zero-order chi connectivity index (χ0) is 9.84. The first-order chi connectivity index (χ1) is 6.08. The summed E-state index contributed by atoms with van der Waals surface area (Å²) in [4.78, 5) is 18.3. The van der Waals surface area contributed by atoms with Gasteiger partial charge in [0.05, 0.1) is 6.54 Å². The van der Waals surface area contributed by atoms with Crippen LogP contribution < -0.4 is 16.8 Å². The highest BCUT2D eigenvalue weighted by molar-refractivity contribution is 5.78. The molecule has 0 aliphatic carbocycles. The molecular weight excluding hydrogens is 170 g/mol. The second-order valence-corrected chi connectivity index (χ2v) is 2.55. The van der Waals surface area contributed by atoms with E-state index in [2.05, 4.69) is 15.3 Å². The third kappa shape index (κ3) is 2.94. The molecule has 0 atom stereocenters. The van der Waals surface area contributed by atoms with Crippen LogP contribution in [-0.4, -0.2) is 22.4 Å². The summed E-state index contributed by atoms with van der Waals surface area (Å²) in [6.07, 6.45) is 0. The van der Waals surface area contributed by atoms with Crippen molar-refractivity contribution in [3.63, 3.8) is 0 Å². The van der Waals surface area contributed by atoms with Crippen molar-refractivity contribution in [1.29, 1.82) is 0 Å². The molecule has 0 unspecified atom stereocenters. The summed E-state index contributed by atoms with van der Waals surface area (Å²) in [5, 5.41) is 2.72. The lowest BCUT2D eigenvalue weighted by Crippen LogP contribution is -2.22. The number of aryl methyl sites for hydroxylation is 1. The number of primary amides is 1. The van der Waals surface area contributed by atoms with Gasteiger partial charge in [-0.2, -0.15) is 0 Å². The van der Waals surface area contributed by atoms with E-state index < -0.39 is 5.91 Å². The van der Waals surface area contributed by atoms with Gasteiger partial charge in [0.25, 0.3) is 0 Å². The summed E-state index contributed by atoms with van der Waals surface area (Å²) in [7, 11) is 0. The van der Waals surface area contributed by atoms with Crippen molar-refractivity contribution in [2.24, 2.45) is 5.73 Å². The molecule has 6 nitrogen and oxygen atoms in total. The third-order valence-corrected chi connectivity index (χ3v) is 1.30. The van der Waals surface area contributed by atoms with Crippen molar-refractivity contribution in [1.82, 2.24) is 9.97 Å². The van der Waals surface area contributed by atoms with E-state index in [4.69, 9.17) is 11.5 Å². The fraction of sp³-hybridized carbons (Fsp3) is 0.286. The number of nitrogen functional groups attached to an aromatic ring is 1. The molecule has 0 aliphatic heterocycles. The van der Waals surface area contributed by atoms with Crippen LogP contribution in [0.4, 0.5) is 11.6 Å². The fourth-order valence-electron chi connectivity index (χ4n) is 0.859. The summed E-state index contributed by atoms with van der Waals surface area (Å²) in [6, 6.07) is 1.54. The van der Waals surface area contributed by atoms with E-state index in [1.54, 1.807) is 6.92 Å². The number of carbonyl (C=O) groups is 1. The molecule has 5 N–H and O–H groups in total. The van der Waals surface area contributed by atoms with E-state index in [0.717, 1.165) is 0 Å². The van der Waals surface area contributed by atoms with Gasteiger partial charge in [-0.3, -0.25) is 4.79 Å². The monoisotopic (exact) mass is 181 g/mol. The van der Waals surface area contributed by atoms with E-state index in [1.807, 2.05) is 0 Å². The Morgan fingerprint density at radius 1 is 1.62 bits per heavy atom. The Kier molecular flexibility index (Phi) is 2.63. The lowest BCUT2D eigenvalue weighted by molar-refractivity contribution is -0.116. The van der Waals surface area contributed by atoms with Gasteiger partial charge in [-0.25, -0.2) is 9.97 Å². The largest absolute Gasteiger partial charge is 0.384 e. The Hall–Kier alpha value is -1.85. The summed E-state index contributed by atoms with van der Waals surface area (Å²) in [5.74, 6) is 0.963. The zero-order valence-electron chi connectivity index (χ0n) is 7.24. The molecule has 0 aliphatic rings. The number of nitrogens with one attached hydrogen (secondary N) is 1. The van der Waals surface area contributed by atoms with Gasteiger partial charge < -0.3 is 16.8 Å². The summed E-state index contributed by atoms with van der Waals surface area (Å²) < 4.78 is 0. The Morgan fingerprint density at radius 3 is 2.85 bits per heavy atom. The molecular formula is C7H11N5O. The van der Waals surface area contributed by atoms with Gasteiger partial charge in [-0.15, -0.1) is 0 Å². The SMILES string of the molecule is Cc1nc(N)cc(NCC(N)=O)n1. The van der Waals surface area contributed by atoms with E-state index in [-0.39, 0.29) is 6.54 Å². The number of rotatable bonds is 3. The summed E-state index contributed by atoms with van der Waals surface area (Å²) >= 11 is 0. The van der Waals surface area contributed by atoms with Gasteiger partial charge in [0.15, 0.2) is 0 Å². The number of hydrogen-bond acceptors (Lipinski definition) is 5. The second kappa shape index (κ2) is 3.70. The third-order valence-electron chi connectivity index (χ3n) is 1.30. The molecule has 1 rings (SSSR count). The van der Waals surface area contributed by atoms with Crippen molar-refractivity contribution in [3.05, 3.63) is 11.9 Å². The molecule has 6 heteroatoms. The molecule has 0 fully saturated rings. The Bertz CT molecular complexity index is 304. The van der Waals surface area contributed by atoms with Crippen LogP contribution in [-0.2, 0) is 4.79 Å². The minimum atomic E-state index is -0.449. The lowest BCUT2D eigenvalue weighted by Gasteiger charge is -2.03. The number of amides is 1. The molecule has 13 heavy (non-hydrogen) atoms. The maximum absolute atomic E-state index is 10.4. The number of hydrogen-bond donors (Lipinski definition) is 3. The van der Waals surface area contributed by atoms with Gasteiger partial charge in [0, 0.05) is 6.07 Å². The fourth-order valence-corrected chi connectivity index (χ4v) is 0.859. The van der Waals surface area contributed by atoms with Crippen LogP contribution in [0.25, 0.3) is 0 Å². The molecule has 0 spiro atoms. The molecule has 70 valence electrons. The van der Waals surface area contributed by atoms with Crippen molar-refractivity contribution < 1.29 is 4.79 Å². The van der Waals surface area contributed by atoms with Gasteiger partial charge >= 0.3 is 0 Å². The van der Waals surface area contributed by atoms with Crippen molar-refractivity contribution in [3.8, 4) is 0 Å². The molecule has 0 radical (unpaired) electrons. The maximum Gasteiger partial charge on any atom is 0.236 e. The smallest absolute Gasteiger partial charge is 0.236 e. The first-order valence-electron chi connectivity index (χ1n) is 3.71. The number of nitrogens with zero attached hydrogens (tertiary/aromatic N) is 2. The number of nitrogens with two attached hydrogens (primary N) is 2. The molecule has 1 aromatic heterocycles. The quantitative estimate of drug-likeness (QED) is 0.569. The Labute approximate surface area is 75.4 Å². The van der Waals surface area contributed by atoms with Gasteiger partial charge in [-0.1, -0.05) is 0 Å². The molecule has 1 amide bonds. The summed E-state index contributed by atoms with van der Waals surface area (Å²) in [5.41, 5.74) is 10.4. The van der Waals surface area contributed by atoms with Crippen LogP contribution in [0.2, 0.25) is 0 Å². The normalized spacial score (nSPS) is 9.62. The minimum absolute atomic E-state index is 0.0376. The lowest BCUT2D eigenvalue weighted by atomic mass is 10.5. The predicted octanol–water partition coefficient (Wildman–Crippen LogP) is -0.736. The van der Waals surface area contributed by atoms with Crippen LogP contribution in [0.3, 0.4) is 0 Å². The van der Waals surface area contributed by atoms with E-state index in [0.29, 0.717) is 17.5 Å². The van der Waals surface area contributed by atoms with Crippen molar-refractivity contribution >= 4 is 17.5 Å². The molecule has 0 bridgehead atoms. The topological polar surface area (TPSA) is 107 Å². The first-order valence-corrected chi connectivity index (χ1v) is 3.71. The van der Waals surface area contributed by atoms with Crippen LogP contribution in [0, 0.1) is 6.92 Å².